The number of hydrogen-bond donors (Lipinski definition) is 1. The van der Waals surface area contributed by atoms with Gasteiger partial charge in [-0.25, -0.2) is 9.97 Å². The zero-order chi connectivity index (χ0) is 13.8. The second-order valence-corrected chi connectivity index (χ2v) is 5.20. The van der Waals surface area contributed by atoms with Gasteiger partial charge >= 0.3 is 0 Å². The molecular formula is C15H20N4O. The van der Waals surface area contributed by atoms with Crippen molar-refractivity contribution in [1.82, 2.24) is 19.9 Å². The summed E-state index contributed by atoms with van der Waals surface area (Å²) in [7, 11) is 1.63. The molecule has 0 amide bonds. The van der Waals surface area contributed by atoms with Crippen molar-refractivity contribution in [1.29, 1.82) is 0 Å². The van der Waals surface area contributed by atoms with Crippen LogP contribution in [0.25, 0.3) is 0 Å². The molecule has 2 aromatic rings. The zero-order valence-electron chi connectivity index (χ0n) is 11.7. The molecule has 0 spiro atoms. The van der Waals surface area contributed by atoms with Gasteiger partial charge in [0.2, 0.25) is 5.88 Å². The van der Waals surface area contributed by atoms with Gasteiger partial charge < -0.3 is 14.6 Å². The molecule has 1 aliphatic carbocycles. The minimum Gasteiger partial charge on any atom is -0.481 e. The molecule has 20 heavy (non-hydrogen) atoms. The van der Waals surface area contributed by atoms with Crippen LogP contribution >= 0.6 is 0 Å². The second kappa shape index (κ2) is 6.05. The van der Waals surface area contributed by atoms with Crippen molar-refractivity contribution in [2.75, 3.05) is 7.11 Å². The Morgan fingerprint density at radius 3 is 3.05 bits per heavy atom. The summed E-state index contributed by atoms with van der Waals surface area (Å²) in [6, 6.07) is 4.98. The van der Waals surface area contributed by atoms with Crippen LogP contribution in [0.1, 0.15) is 30.9 Å². The van der Waals surface area contributed by atoms with Gasteiger partial charge in [0.15, 0.2) is 0 Å². The first-order chi connectivity index (χ1) is 9.86. The van der Waals surface area contributed by atoms with Gasteiger partial charge in [0.1, 0.15) is 0 Å². The number of nitrogens with zero attached hydrogens (tertiary/aromatic N) is 3. The summed E-state index contributed by atoms with van der Waals surface area (Å²) in [5, 5.41) is 3.64. The first-order valence-corrected chi connectivity index (χ1v) is 7.06. The molecule has 1 fully saturated rings. The molecule has 106 valence electrons. The number of imidazole rings is 1. The monoisotopic (exact) mass is 272 g/mol. The summed E-state index contributed by atoms with van der Waals surface area (Å²) in [5.74, 6) is 0.658. The molecule has 3 rings (SSSR count). The summed E-state index contributed by atoms with van der Waals surface area (Å²) in [5.41, 5.74) is 1.18. The van der Waals surface area contributed by atoms with E-state index >= 15 is 0 Å². The molecular weight excluding hydrogens is 252 g/mol. The Labute approximate surface area is 119 Å². The Morgan fingerprint density at radius 2 is 2.35 bits per heavy atom. The standard InChI is InChI=1S/C15H20N4O/c1-20-15-6-5-12(10-18-15)9-17-13-3-2-4-14(13)19-8-7-16-11-19/h5-8,10-11,13-14,17H,2-4,9H2,1H3. The van der Waals surface area contributed by atoms with E-state index in [1.807, 2.05) is 24.8 Å². The number of ether oxygens (including phenoxy) is 1. The van der Waals surface area contributed by atoms with Gasteiger partial charge in [0.25, 0.3) is 0 Å². The van der Waals surface area contributed by atoms with Crippen LogP contribution in [-0.4, -0.2) is 27.7 Å². The lowest BCUT2D eigenvalue weighted by molar-refractivity contribution is 0.388. The summed E-state index contributed by atoms with van der Waals surface area (Å²) >= 11 is 0. The van der Waals surface area contributed by atoms with Crippen LogP contribution in [0.5, 0.6) is 5.88 Å². The van der Waals surface area contributed by atoms with Crippen molar-refractivity contribution < 1.29 is 4.74 Å². The van der Waals surface area contributed by atoms with E-state index in [1.165, 1.54) is 24.8 Å². The van der Waals surface area contributed by atoms with Crippen LogP contribution in [0.2, 0.25) is 0 Å². The molecule has 2 heterocycles. The van der Waals surface area contributed by atoms with Crippen molar-refractivity contribution in [2.45, 2.75) is 37.9 Å². The molecule has 0 bridgehead atoms. The molecule has 1 saturated carbocycles. The Morgan fingerprint density at radius 1 is 1.40 bits per heavy atom. The Kier molecular flexibility index (Phi) is 3.97. The van der Waals surface area contributed by atoms with Gasteiger partial charge in [-0.2, -0.15) is 0 Å². The van der Waals surface area contributed by atoms with Crippen LogP contribution < -0.4 is 10.1 Å². The van der Waals surface area contributed by atoms with Gasteiger partial charge in [-0.15, -0.1) is 0 Å². The summed E-state index contributed by atoms with van der Waals surface area (Å²) < 4.78 is 7.29. The summed E-state index contributed by atoms with van der Waals surface area (Å²) in [6.07, 6.45) is 11.4. The minimum absolute atomic E-state index is 0.506. The highest BCUT2D eigenvalue weighted by atomic mass is 16.5. The third-order valence-corrected chi connectivity index (χ3v) is 3.96. The Hall–Kier alpha value is -1.88. The second-order valence-electron chi connectivity index (χ2n) is 5.20. The van der Waals surface area contributed by atoms with E-state index in [9.17, 15) is 0 Å². The lowest BCUT2D eigenvalue weighted by Gasteiger charge is -2.22. The van der Waals surface area contributed by atoms with Gasteiger partial charge in [0, 0.05) is 43.3 Å². The fourth-order valence-electron chi connectivity index (χ4n) is 2.89. The van der Waals surface area contributed by atoms with Crippen molar-refractivity contribution >= 4 is 0 Å². The van der Waals surface area contributed by atoms with Crippen molar-refractivity contribution in [3.8, 4) is 5.88 Å². The molecule has 2 atom stereocenters. The first-order valence-electron chi connectivity index (χ1n) is 7.06. The lowest BCUT2D eigenvalue weighted by Crippen LogP contribution is -2.33. The number of pyridine rings is 1. The number of hydrogen-bond acceptors (Lipinski definition) is 4. The number of nitrogens with one attached hydrogen (secondary N) is 1. The van der Waals surface area contributed by atoms with Crippen LogP contribution in [0.15, 0.2) is 37.1 Å². The maximum Gasteiger partial charge on any atom is 0.212 e. The van der Waals surface area contributed by atoms with Gasteiger partial charge in [0.05, 0.1) is 13.4 Å². The highest BCUT2D eigenvalue weighted by molar-refractivity contribution is 5.17. The molecule has 0 radical (unpaired) electrons. The van der Waals surface area contributed by atoms with Gasteiger partial charge in [-0.1, -0.05) is 6.07 Å². The molecule has 0 saturated heterocycles. The Balaban J connectivity index is 1.59. The predicted molar refractivity (Wildman–Crippen MR) is 76.5 cm³/mol. The first kappa shape index (κ1) is 13.1. The molecule has 5 nitrogen and oxygen atoms in total. The Bertz CT molecular complexity index is 523. The minimum atomic E-state index is 0.506. The quantitative estimate of drug-likeness (QED) is 0.906. The fraction of sp³-hybridized carbons (Fsp3) is 0.467. The lowest BCUT2D eigenvalue weighted by atomic mass is 10.1. The summed E-state index contributed by atoms with van der Waals surface area (Å²) in [4.78, 5) is 8.38. The van der Waals surface area contributed by atoms with E-state index in [-0.39, 0.29) is 0 Å². The zero-order valence-corrected chi connectivity index (χ0v) is 11.7. The molecule has 2 aromatic heterocycles. The third-order valence-electron chi connectivity index (χ3n) is 3.96. The number of aromatic nitrogens is 3. The van der Waals surface area contributed by atoms with Crippen molar-refractivity contribution in [3.63, 3.8) is 0 Å². The molecule has 0 aliphatic heterocycles. The molecule has 5 heteroatoms. The van der Waals surface area contributed by atoms with Gasteiger partial charge in [-0.05, 0) is 24.8 Å². The van der Waals surface area contributed by atoms with Gasteiger partial charge in [-0.3, -0.25) is 0 Å². The maximum absolute atomic E-state index is 5.07. The normalized spacial score (nSPS) is 22.1. The van der Waals surface area contributed by atoms with E-state index in [0.29, 0.717) is 18.0 Å². The number of methoxy groups -OCH3 is 1. The average Bonchev–Trinajstić information content (AvgIpc) is 3.16. The topological polar surface area (TPSA) is 52.0 Å². The van der Waals surface area contributed by atoms with Crippen molar-refractivity contribution in [2.24, 2.45) is 0 Å². The van der Waals surface area contributed by atoms with Crippen molar-refractivity contribution in [3.05, 3.63) is 42.6 Å². The smallest absolute Gasteiger partial charge is 0.212 e. The van der Waals surface area contributed by atoms with Crippen LogP contribution in [0, 0.1) is 0 Å². The van der Waals surface area contributed by atoms with E-state index in [2.05, 4.69) is 32.1 Å². The van der Waals surface area contributed by atoms with E-state index in [4.69, 9.17) is 4.74 Å². The van der Waals surface area contributed by atoms with Crippen LogP contribution in [0.4, 0.5) is 0 Å². The molecule has 0 aromatic carbocycles. The third kappa shape index (κ3) is 2.82. The highest BCUT2D eigenvalue weighted by Gasteiger charge is 2.27. The highest BCUT2D eigenvalue weighted by Crippen LogP contribution is 2.30. The molecule has 2 unspecified atom stereocenters. The van der Waals surface area contributed by atoms with E-state index in [0.717, 1.165) is 6.54 Å². The predicted octanol–water partition coefficient (Wildman–Crippen LogP) is 2.17. The molecule has 1 N–H and O–H groups in total. The number of rotatable bonds is 5. The van der Waals surface area contributed by atoms with E-state index < -0.39 is 0 Å². The largest absolute Gasteiger partial charge is 0.481 e. The fourth-order valence-corrected chi connectivity index (χ4v) is 2.89. The summed E-state index contributed by atoms with van der Waals surface area (Å²) in [6.45, 7) is 0.840. The SMILES string of the molecule is COc1ccc(CNC2CCCC2n2ccnc2)cn1. The van der Waals surface area contributed by atoms with Crippen LogP contribution in [0.3, 0.4) is 0 Å². The average molecular weight is 272 g/mol. The van der Waals surface area contributed by atoms with E-state index in [1.54, 1.807) is 7.11 Å². The van der Waals surface area contributed by atoms with Crippen LogP contribution in [-0.2, 0) is 6.54 Å². The molecule has 1 aliphatic rings. The maximum atomic E-state index is 5.07.